The van der Waals surface area contributed by atoms with E-state index in [0.717, 1.165) is 19.5 Å². The first-order valence-electron chi connectivity index (χ1n) is 6.81. The Hall–Kier alpha value is -1.32. The number of rotatable bonds is 4. The number of nitrogens with zero attached hydrogens (tertiary/aromatic N) is 1. The monoisotopic (exact) mass is 250 g/mol. The predicted octanol–water partition coefficient (Wildman–Crippen LogP) is 1.18. The van der Waals surface area contributed by atoms with Gasteiger partial charge in [-0.05, 0) is 25.2 Å². The van der Waals surface area contributed by atoms with E-state index in [-0.39, 0.29) is 23.7 Å². The Kier molecular flexibility index (Phi) is 4.04. The molecule has 0 aromatic carbocycles. The van der Waals surface area contributed by atoms with E-state index in [4.69, 9.17) is 0 Å². The summed E-state index contributed by atoms with van der Waals surface area (Å²) in [5, 5.41) is 2.76. The highest BCUT2D eigenvalue weighted by Crippen LogP contribution is 2.40. The minimum atomic E-state index is -0.102. The lowest BCUT2D eigenvalue weighted by Crippen LogP contribution is -2.40. The van der Waals surface area contributed by atoms with Crippen molar-refractivity contribution in [3.8, 4) is 0 Å². The molecule has 2 aliphatic rings. The molecule has 1 aliphatic carbocycles. The number of hydrogen-bond acceptors (Lipinski definition) is 2. The van der Waals surface area contributed by atoms with E-state index < -0.39 is 0 Å². The van der Waals surface area contributed by atoms with E-state index in [1.165, 1.54) is 6.42 Å². The smallest absolute Gasteiger partial charge is 0.226 e. The first kappa shape index (κ1) is 13.1. The molecule has 1 aliphatic heterocycles. The van der Waals surface area contributed by atoms with Crippen molar-refractivity contribution in [2.75, 3.05) is 19.6 Å². The molecule has 4 nitrogen and oxygen atoms in total. The zero-order valence-corrected chi connectivity index (χ0v) is 11.0. The fourth-order valence-corrected chi connectivity index (χ4v) is 2.69. The summed E-state index contributed by atoms with van der Waals surface area (Å²) in [5.41, 5.74) is 0. The van der Waals surface area contributed by atoms with Gasteiger partial charge in [-0.1, -0.05) is 13.0 Å². The highest BCUT2D eigenvalue weighted by molar-refractivity contribution is 5.92. The molecule has 1 N–H and O–H groups in total. The van der Waals surface area contributed by atoms with Gasteiger partial charge in [0.1, 0.15) is 0 Å². The second-order valence-electron chi connectivity index (χ2n) is 5.51. The quantitative estimate of drug-likeness (QED) is 0.762. The first-order chi connectivity index (χ1) is 8.63. The Morgan fingerprint density at radius 2 is 2.22 bits per heavy atom. The molecule has 0 aromatic heterocycles. The fourth-order valence-electron chi connectivity index (χ4n) is 2.69. The summed E-state index contributed by atoms with van der Waals surface area (Å²) < 4.78 is 0. The largest absolute Gasteiger partial charge is 0.352 e. The lowest BCUT2D eigenvalue weighted by atomic mass is 10.00. The van der Waals surface area contributed by atoms with Gasteiger partial charge in [0.25, 0.3) is 0 Å². The number of carbonyl (C=O) groups is 2. The summed E-state index contributed by atoms with van der Waals surface area (Å²) in [5.74, 6) is 0.600. The third kappa shape index (κ3) is 2.92. The van der Waals surface area contributed by atoms with Gasteiger partial charge in [-0.3, -0.25) is 9.59 Å². The van der Waals surface area contributed by atoms with Crippen LogP contribution < -0.4 is 5.32 Å². The zero-order valence-electron chi connectivity index (χ0n) is 11.0. The average molecular weight is 250 g/mol. The van der Waals surface area contributed by atoms with E-state index in [9.17, 15) is 9.59 Å². The maximum atomic E-state index is 12.2. The minimum absolute atomic E-state index is 0.00157. The summed E-state index contributed by atoms with van der Waals surface area (Å²) in [6, 6.07) is 0. The van der Waals surface area contributed by atoms with Crippen molar-refractivity contribution in [2.45, 2.75) is 26.2 Å². The normalized spacial score (nSPS) is 30.7. The Bertz CT molecular complexity index is 354. The molecule has 18 heavy (non-hydrogen) atoms. The number of likely N-dealkylation sites (tertiary alicyclic amines) is 1. The van der Waals surface area contributed by atoms with Crippen molar-refractivity contribution in [3.05, 3.63) is 12.7 Å². The van der Waals surface area contributed by atoms with E-state index in [2.05, 4.69) is 18.8 Å². The van der Waals surface area contributed by atoms with Crippen LogP contribution in [-0.2, 0) is 9.59 Å². The molecule has 2 fully saturated rings. The molecule has 0 bridgehead atoms. The third-order valence-corrected chi connectivity index (χ3v) is 3.83. The van der Waals surface area contributed by atoms with Gasteiger partial charge < -0.3 is 10.2 Å². The van der Waals surface area contributed by atoms with Gasteiger partial charge in [0.15, 0.2) is 0 Å². The van der Waals surface area contributed by atoms with Crippen LogP contribution in [0.2, 0.25) is 0 Å². The van der Waals surface area contributed by atoms with Gasteiger partial charge >= 0.3 is 0 Å². The van der Waals surface area contributed by atoms with E-state index >= 15 is 0 Å². The molecule has 100 valence electrons. The summed E-state index contributed by atoms with van der Waals surface area (Å²) in [6.07, 6.45) is 4.67. The van der Waals surface area contributed by atoms with Crippen molar-refractivity contribution in [2.24, 2.45) is 17.8 Å². The molecule has 1 heterocycles. The van der Waals surface area contributed by atoms with Gasteiger partial charge in [0.2, 0.25) is 11.8 Å². The molecule has 3 unspecified atom stereocenters. The van der Waals surface area contributed by atoms with Crippen LogP contribution in [0.5, 0.6) is 0 Å². The van der Waals surface area contributed by atoms with Crippen LogP contribution in [0.1, 0.15) is 26.2 Å². The van der Waals surface area contributed by atoms with Crippen molar-refractivity contribution in [1.82, 2.24) is 10.2 Å². The molecular formula is C14H22N2O2. The molecule has 0 radical (unpaired) electrons. The van der Waals surface area contributed by atoms with E-state index in [1.54, 1.807) is 6.08 Å². The maximum absolute atomic E-state index is 12.2. The van der Waals surface area contributed by atoms with E-state index in [0.29, 0.717) is 18.9 Å². The Morgan fingerprint density at radius 1 is 1.44 bits per heavy atom. The minimum Gasteiger partial charge on any atom is -0.352 e. The Labute approximate surface area is 108 Å². The van der Waals surface area contributed by atoms with Crippen LogP contribution >= 0.6 is 0 Å². The van der Waals surface area contributed by atoms with Crippen molar-refractivity contribution >= 4 is 11.8 Å². The molecule has 1 saturated heterocycles. The highest BCUT2D eigenvalue weighted by atomic mass is 16.2. The lowest BCUT2D eigenvalue weighted by Gasteiger charge is -2.31. The van der Waals surface area contributed by atoms with Gasteiger partial charge in [-0.15, -0.1) is 6.58 Å². The number of carbonyl (C=O) groups excluding carboxylic acids is 2. The standard InChI is InChI=1S/C14H22N2O2/c1-3-6-15-13(17)11-8-12(11)14(18)16-7-4-5-10(2)9-16/h3,10-12H,1,4-9H2,2H3,(H,15,17). The molecule has 1 saturated carbocycles. The molecule has 4 heteroatoms. The van der Waals surface area contributed by atoms with Crippen molar-refractivity contribution < 1.29 is 9.59 Å². The summed E-state index contributed by atoms with van der Waals surface area (Å²) in [7, 11) is 0. The van der Waals surface area contributed by atoms with Crippen LogP contribution in [0.3, 0.4) is 0 Å². The van der Waals surface area contributed by atoms with Crippen molar-refractivity contribution in [1.29, 1.82) is 0 Å². The van der Waals surface area contributed by atoms with E-state index in [1.807, 2.05) is 4.90 Å². The molecule has 0 spiro atoms. The Morgan fingerprint density at radius 3 is 2.89 bits per heavy atom. The topological polar surface area (TPSA) is 49.4 Å². The second-order valence-corrected chi connectivity index (χ2v) is 5.51. The van der Waals surface area contributed by atoms with Gasteiger partial charge in [-0.2, -0.15) is 0 Å². The van der Waals surface area contributed by atoms with Crippen LogP contribution in [0.4, 0.5) is 0 Å². The van der Waals surface area contributed by atoms with Gasteiger partial charge in [0.05, 0.1) is 11.8 Å². The number of amides is 2. The Balaban J connectivity index is 1.81. The lowest BCUT2D eigenvalue weighted by molar-refractivity contribution is -0.136. The van der Waals surface area contributed by atoms with Crippen LogP contribution in [-0.4, -0.2) is 36.3 Å². The van der Waals surface area contributed by atoms with Gasteiger partial charge in [0, 0.05) is 19.6 Å². The molecule has 3 atom stereocenters. The first-order valence-corrected chi connectivity index (χ1v) is 6.81. The van der Waals surface area contributed by atoms with Gasteiger partial charge in [-0.25, -0.2) is 0 Å². The fraction of sp³-hybridized carbons (Fsp3) is 0.714. The predicted molar refractivity (Wildman–Crippen MR) is 69.8 cm³/mol. The molecule has 2 rings (SSSR count). The average Bonchev–Trinajstić information content (AvgIpc) is 3.15. The van der Waals surface area contributed by atoms with Crippen LogP contribution in [0, 0.1) is 17.8 Å². The zero-order chi connectivity index (χ0) is 13.1. The summed E-state index contributed by atoms with van der Waals surface area (Å²) in [6.45, 7) is 7.94. The highest BCUT2D eigenvalue weighted by Gasteiger charge is 2.49. The maximum Gasteiger partial charge on any atom is 0.226 e. The van der Waals surface area contributed by atoms with Crippen LogP contribution in [0.15, 0.2) is 12.7 Å². The molecule has 2 amide bonds. The molecule has 0 aromatic rings. The van der Waals surface area contributed by atoms with Crippen molar-refractivity contribution in [3.63, 3.8) is 0 Å². The SMILES string of the molecule is C=CCNC(=O)C1CC1C(=O)N1CCCC(C)C1. The summed E-state index contributed by atoms with van der Waals surface area (Å²) >= 11 is 0. The molecular weight excluding hydrogens is 228 g/mol. The number of nitrogens with one attached hydrogen (secondary N) is 1. The number of piperidine rings is 1. The second kappa shape index (κ2) is 5.55. The third-order valence-electron chi connectivity index (χ3n) is 3.83. The number of hydrogen-bond donors (Lipinski definition) is 1. The van der Waals surface area contributed by atoms with Crippen LogP contribution in [0.25, 0.3) is 0 Å². The summed E-state index contributed by atoms with van der Waals surface area (Å²) in [4.78, 5) is 25.9.